The number of hydrogen-bond acceptors (Lipinski definition) is 4. The first-order chi connectivity index (χ1) is 10.1. The molecular formula is C16H21NO4. The minimum Gasteiger partial charge on any atom is -0.461 e. The molecule has 0 aliphatic rings. The number of rotatable bonds is 6. The lowest BCUT2D eigenvalue weighted by atomic mass is 10.2. The molecule has 0 atom stereocenters. The number of amides is 1. The van der Waals surface area contributed by atoms with Gasteiger partial charge in [-0.3, -0.25) is 5.32 Å². The highest BCUT2D eigenvalue weighted by Crippen LogP contribution is 2.08. The van der Waals surface area contributed by atoms with Crippen LogP contribution >= 0.6 is 0 Å². The molecule has 1 aromatic rings. The molecule has 0 fully saturated rings. The maximum atomic E-state index is 11.8. The predicted octanol–water partition coefficient (Wildman–Crippen LogP) is 3.16. The van der Waals surface area contributed by atoms with Crippen molar-refractivity contribution < 1.29 is 19.1 Å². The van der Waals surface area contributed by atoms with E-state index in [1.165, 1.54) is 0 Å². The van der Waals surface area contributed by atoms with Crippen molar-refractivity contribution in [1.29, 1.82) is 0 Å². The van der Waals surface area contributed by atoms with Gasteiger partial charge < -0.3 is 9.47 Å². The number of allylic oxidation sites excluding steroid dienone is 1. The Kier molecular flexibility index (Phi) is 7.01. The van der Waals surface area contributed by atoms with Crippen molar-refractivity contribution in [3.05, 3.63) is 47.2 Å². The molecule has 5 heteroatoms. The fourth-order valence-electron chi connectivity index (χ4n) is 1.57. The maximum Gasteiger partial charge on any atom is 0.412 e. The molecule has 0 spiro atoms. The molecular weight excluding hydrogens is 270 g/mol. The van der Waals surface area contributed by atoms with E-state index in [1.54, 1.807) is 13.8 Å². The highest BCUT2D eigenvalue weighted by Gasteiger charge is 2.17. The summed E-state index contributed by atoms with van der Waals surface area (Å²) in [7, 11) is 0. The Morgan fingerprint density at radius 2 is 1.76 bits per heavy atom. The molecule has 1 rings (SSSR count). The average Bonchev–Trinajstić information content (AvgIpc) is 2.51. The zero-order valence-electron chi connectivity index (χ0n) is 12.6. The third kappa shape index (κ3) is 5.69. The molecule has 5 nitrogen and oxygen atoms in total. The molecule has 1 N–H and O–H groups in total. The molecule has 0 saturated carbocycles. The van der Waals surface area contributed by atoms with Gasteiger partial charge in [0.25, 0.3) is 0 Å². The van der Waals surface area contributed by atoms with E-state index in [-0.39, 0.29) is 18.9 Å². The van der Waals surface area contributed by atoms with E-state index in [2.05, 4.69) is 5.32 Å². The third-order valence-corrected chi connectivity index (χ3v) is 2.88. The SMILES string of the molecule is CCOC(=O)/C(NC(=O)OCc1ccccc1)=C(/C)CC. The molecule has 0 bridgehead atoms. The van der Waals surface area contributed by atoms with Crippen LogP contribution < -0.4 is 5.32 Å². The average molecular weight is 291 g/mol. The summed E-state index contributed by atoms with van der Waals surface area (Å²) in [6.45, 7) is 5.77. The van der Waals surface area contributed by atoms with Crippen molar-refractivity contribution in [1.82, 2.24) is 5.32 Å². The van der Waals surface area contributed by atoms with Crippen LogP contribution in [0.15, 0.2) is 41.6 Å². The number of nitrogens with one attached hydrogen (secondary N) is 1. The van der Waals surface area contributed by atoms with E-state index < -0.39 is 12.1 Å². The van der Waals surface area contributed by atoms with Gasteiger partial charge in [0.1, 0.15) is 12.3 Å². The topological polar surface area (TPSA) is 64.6 Å². The lowest BCUT2D eigenvalue weighted by Gasteiger charge is -2.12. The van der Waals surface area contributed by atoms with Gasteiger partial charge in [-0.25, -0.2) is 9.59 Å². The third-order valence-electron chi connectivity index (χ3n) is 2.88. The van der Waals surface area contributed by atoms with Crippen LogP contribution in [0.4, 0.5) is 4.79 Å². The van der Waals surface area contributed by atoms with Crippen LogP contribution in [0.5, 0.6) is 0 Å². The monoisotopic (exact) mass is 291 g/mol. The van der Waals surface area contributed by atoms with E-state index in [0.717, 1.165) is 11.1 Å². The summed E-state index contributed by atoms with van der Waals surface area (Å²) in [5, 5.41) is 2.47. The van der Waals surface area contributed by atoms with E-state index in [1.807, 2.05) is 37.3 Å². The normalized spacial score (nSPS) is 11.4. The molecule has 0 heterocycles. The zero-order chi connectivity index (χ0) is 15.7. The second kappa shape index (κ2) is 8.79. The molecule has 0 unspecified atom stereocenters. The number of benzene rings is 1. The molecule has 1 amide bonds. The number of carbonyl (C=O) groups excluding carboxylic acids is 2. The quantitative estimate of drug-likeness (QED) is 0.646. The smallest absolute Gasteiger partial charge is 0.412 e. The van der Waals surface area contributed by atoms with Gasteiger partial charge in [-0.2, -0.15) is 0 Å². The van der Waals surface area contributed by atoms with Crippen LogP contribution in [0, 0.1) is 0 Å². The van der Waals surface area contributed by atoms with Crippen molar-refractivity contribution in [2.24, 2.45) is 0 Å². The molecule has 0 aromatic heterocycles. The Balaban J connectivity index is 2.63. The first kappa shape index (κ1) is 16.8. The number of hydrogen-bond donors (Lipinski definition) is 1. The Bertz CT molecular complexity index is 508. The molecule has 1 aromatic carbocycles. The largest absolute Gasteiger partial charge is 0.461 e. The van der Waals surface area contributed by atoms with Crippen LogP contribution in [0.3, 0.4) is 0 Å². The Morgan fingerprint density at radius 1 is 1.10 bits per heavy atom. The first-order valence-corrected chi connectivity index (χ1v) is 6.93. The van der Waals surface area contributed by atoms with Gasteiger partial charge in [-0.15, -0.1) is 0 Å². The van der Waals surface area contributed by atoms with Crippen molar-refractivity contribution in [3.63, 3.8) is 0 Å². The van der Waals surface area contributed by atoms with Gasteiger partial charge in [-0.05, 0) is 31.4 Å². The fourth-order valence-corrected chi connectivity index (χ4v) is 1.57. The van der Waals surface area contributed by atoms with Crippen LogP contribution in [0.2, 0.25) is 0 Å². The fraction of sp³-hybridized carbons (Fsp3) is 0.375. The summed E-state index contributed by atoms with van der Waals surface area (Å²) in [5.74, 6) is -0.548. The molecule has 0 aliphatic heterocycles. The van der Waals surface area contributed by atoms with Crippen molar-refractivity contribution in [3.8, 4) is 0 Å². The van der Waals surface area contributed by atoms with Crippen LogP contribution in [0.1, 0.15) is 32.8 Å². The number of esters is 1. The van der Waals surface area contributed by atoms with E-state index in [4.69, 9.17) is 9.47 Å². The maximum absolute atomic E-state index is 11.8. The predicted molar refractivity (Wildman–Crippen MR) is 79.4 cm³/mol. The van der Waals surface area contributed by atoms with Gasteiger partial charge in [0, 0.05) is 0 Å². The number of ether oxygens (including phenoxy) is 2. The summed E-state index contributed by atoms with van der Waals surface area (Å²) < 4.78 is 10.0. The summed E-state index contributed by atoms with van der Waals surface area (Å²) in [4.78, 5) is 23.6. The van der Waals surface area contributed by atoms with Gasteiger partial charge in [-0.1, -0.05) is 37.3 Å². The van der Waals surface area contributed by atoms with Crippen molar-refractivity contribution in [2.45, 2.75) is 33.8 Å². The van der Waals surface area contributed by atoms with Gasteiger partial charge in [0.05, 0.1) is 6.61 Å². The minimum atomic E-state index is -0.672. The standard InChI is InChI=1S/C16H21NO4/c1-4-12(3)14(15(18)20-5-2)17-16(19)21-11-13-9-7-6-8-10-13/h6-10H,4-5,11H2,1-3H3,(H,17,19)/b14-12+. The molecule has 0 radical (unpaired) electrons. The lowest BCUT2D eigenvalue weighted by Crippen LogP contribution is -2.30. The van der Waals surface area contributed by atoms with E-state index in [0.29, 0.717) is 6.42 Å². The molecule has 21 heavy (non-hydrogen) atoms. The van der Waals surface area contributed by atoms with Crippen LogP contribution in [0.25, 0.3) is 0 Å². The minimum absolute atomic E-state index is 0.147. The Hall–Kier alpha value is -2.30. The second-order valence-electron chi connectivity index (χ2n) is 4.42. The van der Waals surface area contributed by atoms with Gasteiger partial charge >= 0.3 is 12.1 Å². The lowest BCUT2D eigenvalue weighted by molar-refractivity contribution is -0.139. The highest BCUT2D eigenvalue weighted by molar-refractivity contribution is 5.92. The Morgan fingerprint density at radius 3 is 2.33 bits per heavy atom. The summed E-state index contributed by atoms with van der Waals surface area (Å²) >= 11 is 0. The second-order valence-corrected chi connectivity index (χ2v) is 4.42. The zero-order valence-corrected chi connectivity index (χ0v) is 12.6. The summed E-state index contributed by atoms with van der Waals surface area (Å²) in [6, 6.07) is 9.32. The molecule has 0 saturated heterocycles. The number of alkyl carbamates (subject to hydrolysis) is 1. The van der Waals surface area contributed by atoms with Gasteiger partial charge in [0.15, 0.2) is 0 Å². The van der Waals surface area contributed by atoms with E-state index >= 15 is 0 Å². The van der Waals surface area contributed by atoms with Crippen molar-refractivity contribution in [2.75, 3.05) is 6.61 Å². The highest BCUT2D eigenvalue weighted by atomic mass is 16.6. The first-order valence-electron chi connectivity index (χ1n) is 6.93. The van der Waals surface area contributed by atoms with Crippen LogP contribution in [-0.4, -0.2) is 18.7 Å². The Labute approximate surface area is 124 Å². The molecule has 114 valence electrons. The summed E-state index contributed by atoms with van der Waals surface area (Å²) in [6.07, 6.45) is -0.0395. The van der Waals surface area contributed by atoms with E-state index in [9.17, 15) is 9.59 Å². The molecule has 0 aliphatic carbocycles. The van der Waals surface area contributed by atoms with Crippen molar-refractivity contribution >= 4 is 12.1 Å². The van der Waals surface area contributed by atoms with Gasteiger partial charge in [0.2, 0.25) is 0 Å². The van der Waals surface area contributed by atoms with Crippen LogP contribution in [-0.2, 0) is 20.9 Å². The summed E-state index contributed by atoms with van der Waals surface area (Å²) in [5.41, 5.74) is 1.77. The number of carbonyl (C=O) groups is 2.